The van der Waals surface area contributed by atoms with Crippen LogP contribution in [0.3, 0.4) is 0 Å². The highest BCUT2D eigenvalue weighted by Crippen LogP contribution is 2.26. The summed E-state index contributed by atoms with van der Waals surface area (Å²) in [7, 11) is 1.66. The molecule has 0 aliphatic heterocycles. The van der Waals surface area contributed by atoms with Gasteiger partial charge in [-0.2, -0.15) is 0 Å². The molecule has 1 aromatic rings. The van der Waals surface area contributed by atoms with E-state index in [0.29, 0.717) is 24.3 Å². The van der Waals surface area contributed by atoms with Gasteiger partial charge in [-0.25, -0.2) is 0 Å². The molecule has 0 amide bonds. The molecule has 0 radical (unpaired) electrons. The fourth-order valence-electron chi connectivity index (χ4n) is 2.00. The summed E-state index contributed by atoms with van der Waals surface area (Å²) in [5.41, 5.74) is 0. The van der Waals surface area contributed by atoms with Crippen molar-refractivity contribution in [2.75, 3.05) is 19.6 Å². The summed E-state index contributed by atoms with van der Waals surface area (Å²) < 4.78 is 11.0. The number of ether oxygens (including phenoxy) is 2. The lowest BCUT2D eigenvalue weighted by Crippen LogP contribution is -2.11. The standard InChI is InChI=1S/C15H23ClO2/c1-12(2)10-13(11-16)8-9-18-15-7-5-4-6-14(15)17-3/h4-7,12-13H,8-11H2,1-3H3. The molecule has 1 aromatic carbocycles. The van der Waals surface area contributed by atoms with E-state index in [4.69, 9.17) is 21.1 Å². The Labute approximate surface area is 115 Å². The highest BCUT2D eigenvalue weighted by molar-refractivity contribution is 6.18. The molecule has 0 bridgehead atoms. The molecule has 3 heteroatoms. The predicted octanol–water partition coefficient (Wildman–Crippen LogP) is 4.37. The maximum Gasteiger partial charge on any atom is 0.161 e. The van der Waals surface area contributed by atoms with Gasteiger partial charge in [-0.05, 0) is 36.8 Å². The van der Waals surface area contributed by atoms with Crippen LogP contribution in [-0.2, 0) is 0 Å². The summed E-state index contributed by atoms with van der Waals surface area (Å²) in [5.74, 6) is 3.50. The van der Waals surface area contributed by atoms with Crippen LogP contribution < -0.4 is 9.47 Å². The number of halogens is 1. The summed E-state index contributed by atoms with van der Waals surface area (Å²) >= 11 is 5.97. The monoisotopic (exact) mass is 270 g/mol. The fraction of sp³-hybridized carbons (Fsp3) is 0.600. The van der Waals surface area contributed by atoms with Gasteiger partial charge in [0.25, 0.3) is 0 Å². The molecule has 1 rings (SSSR count). The van der Waals surface area contributed by atoms with Gasteiger partial charge in [-0.15, -0.1) is 11.6 Å². The molecule has 0 saturated heterocycles. The van der Waals surface area contributed by atoms with Crippen LogP contribution in [0.4, 0.5) is 0 Å². The first-order valence-corrected chi connectivity index (χ1v) is 7.02. The summed E-state index contributed by atoms with van der Waals surface area (Å²) in [6.07, 6.45) is 2.14. The van der Waals surface area contributed by atoms with Crippen molar-refractivity contribution in [3.05, 3.63) is 24.3 Å². The molecule has 18 heavy (non-hydrogen) atoms. The number of rotatable bonds is 8. The highest BCUT2D eigenvalue weighted by Gasteiger charge is 2.10. The molecule has 102 valence electrons. The normalized spacial score (nSPS) is 12.5. The number of methoxy groups -OCH3 is 1. The molecule has 0 N–H and O–H groups in total. The summed E-state index contributed by atoms with van der Waals surface area (Å²) in [6.45, 7) is 5.13. The molecule has 0 aromatic heterocycles. The second-order valence-electron chi connectivity index (χ2n) is 4.94. The minimum atomic E-state index is 0.529. The first-order valence-electron chi connectivity index (χ1n) is 6.49. The minimum absolute atomic E-state index is 0.529. The zero-order valence-electron chi connectivity index (χ0n) is 11.5. The third-order valence-corrected chi connectivity index (χ3v) is 3.31. The smallest absolute Gasteiger partial charge is 0.161 e. The third kappa shape index (κ3) is 5.18. The molecular formula is C15H23ClO2. The summed E-state index contributed by atoms with van der Waals surface area (Å²) in [6, 6.07) is 7.72. The van der Waals surface area contributed by atoms with Gasteiger partial charge < -0.3 is 9.47 Å². The second kappa shape index (κ2) is 8.25. The number of hydrogen-bond donors (Lipinski definition) is 0. The Kier molecular flexibility index (Phi) is 6.96. The Hall–Kier alpha value is -0.890. The molecule has 1 atom stereocenters. The van der Waals surface area contributed by atoms with Gasteiger partial charge in [0, 0.05) is 5.88 Å². The van der Waals surface area contributed by atoms with E-state index >= 15 is 0 Å². The van der Waals surface area contributed by atoms with Gasteiger partial charge in [-0.3, -0.25) is 0 Å². The van der Waals surface area contributed by atoms with E-state index in [1.54, 1.807) is 7.11 Å². The van der Waals surface area contributed by atoms with Crippen molar-refractivity contribution in [1.29, 1.82) is 0 Å². The molecule has 0 aliphatic rings. The van der Waals surface area contributed by atoms with Crippen molar-refractivity contribution in [1.82, 2.24) is 0 Å². The van der Waals surface area contributed by atoms with Crippen LogP contribution in [0.5, 0.6) is 11.5 Å². The van der Waals surface area contributed by atoms with Crippen LogP contribution in [0.25, 0.3) is 0 Å². The lowest BCUT2D eigenvalue weighted by molar-refractivity contribution is 0.259. The van der Waals surface area contributed by atoms with Gasteiger partial charge in [-0.1, -0.05) is 26.0 Å². The number of alkyl halides is 1. The van der Waals surface area contributed by atoms with Crippen molar-refractivity contribution < 1.29 is 9.47 Å². The molecule has 1 unspecified atom stereocenters. The van der Waals surface area contributed by atoms with Crippen LogP contribution >= 0.6 is 11.6 Å². The van der Waals surface area contributed by atoms with E-state index in [1.807, 2.05) is 24.3 Å². The quantitative estimate of drug-likeness (QED) is 0.653. The van der Waals surface area contributed by atoms with Crippen molar-refractivity contribution in [2.24, 2.45) is 11.8 Å². The van der Waals surface area contributed by atoms with E-state index in [1.165, 1.54) is 0 Å². The van der Waals surface area contributed by atoms with Crippen molar-refractivity contribution in [3.63, 3.8) is 0 Å². The fourth-order valence-corrected chi connectivity index (χ4v) is 2.28. The first-order chi connectivity index (χ1) is 8.67. The Morgan fingerprint density at radius 1 is 1.17 bits per heavy atom. The predicted molar refractivity (Wildman–Crippen MR) is 76.8 cm³/mol. The molecular weight excluding hydrogens is 248 g/mol. The van der Waals surface area contributed by atoms with Crippen LogP contribution in [0.2, 0.25) is 0 Å². The van der Waals surface area contributed by atoms with Crippen molar-refractivity contribution in [2.45, 2.75) is 26.7 Å². The first kappa shape index (κ1) is 15.2. The Morgan fingerprint density at radius 2 is 1.83 bits per heavy atom. The zero-order chi connectivity index (χ0) is 13.4. The van der Waals surface area contributed by atoms with Crippen LogP contribution in [0.1, 0.15) is 26.7 Å². The molecule has 0 fully saturated rings. The van der Waals surface area contributed by atoms with Gasteiger partial charge in [0.15, 0.2) is 11.5 Å². The average Bonchev–Trinajstić information content (AvgIpc) is 2.37. The minimum Gasteiger partial charge on any atom is -0.493 e. The maximum absolute atomic E-state index is 5.97. The zero-order valence-corrected chi connectivity index (χ0v) is 12.2. The topological polar surface area (TPSA) is 18.5 Å². The van der Waals surface area contributed by atoms with E-state index in [9.17, 15) is 0 Å². The Morgan fingerprint density at radius 3 is 2.39 bits per heavy atom. The second-order valence-corrected chi connectivity index (χ2v) is 5.25. The van der Waals surface area contributed by atoms with E-state index in [0.717, 1.165) is 24.3 Å². The summed E-state index contributed by atoms with van der Waals surface area (Å²) in [4.78, 5) is 0. The van der Waals surface area contributed by atoms with Gasteiger partial charge in [0.05, 0.1) is 13.7 Å². The maximum atomic E-state index is 5.97. The van der Waals surface area contributed by atoms with Gasteiger partial charge in [0.1, 0.15) is 0 Å². The van der Waals surface area contributed by atoms with Crippen molar-refractivity contribution in [3.8, 4) is 11.5 Å². The third-order valence-electron chi connectivity index (χ3n) is 2.88. The number of hydrogen-bond acceptors (Lipinski definition) is 2. The molecule has 2 nitrogen and oxygen atoms in total. The van der Waals surface area contributed by atoms with Crippen LogP contribution in [0.15, 0.2) is 24.3 Å². The van der Waals surface area contributed by atoms with Crippen LogP contribution in [-0.4, -0.2) is 19.6 Å². The Bertz CT molecular complexity index is 339. The number of para-hydroxylation sites is 2. The van der Waals surface area contributed by atoms with Crippen molar-refractivity contribution >= 4 is 11.6 Å². The lowest BCUT2D eigenvalue weighted by atomic mass is 9.96. The largest absolute Gasteiger partial charge is 0.493 e. The van der Waals surface area contributed by atoms with E-state index in [2.05, 4.69) is 13.8 Å². The average molecular weight is 271 g/mol. The van der Waals surface area contributed by atoms with E-state index < -0.39 is 0 Å². The van der Waals surface area contributed by atoms with Gasteiger partial charge in [0.2, 0.25) is 0 Å². The van der Waals surface area contributed by atoms with Gasteiger partial charge >= 0.3 is 0 Å². The molecule has 0 spiro atoms. The highest BCUT2D eigenvalue weighted by atomic mass is 35.5. The molecule has 0 aliphatic carbocycles. The SMILES string of the molecule is COc1ccccc1OCCC(CCl)CC(C)C. The lowest BCUT2D eigenvalue weighted by Gasteiger charge is -2.17. The summed E-state index contributed by atoms with van der Waals surface area (Å²) in [5, 5.41) is 0. The van der Waals surface area contributed by atoms with E-state index in [-0.39, 0.29) is 0 Å². The molecule has 0 saturated carbocycles. The van der Waals surface area contributed by atoms with Crippen LogP contribution in [0, 0.1) is 11.8 Å². The Balaban J connectivity index is 2.40. The molecule has 0 heterocycles. The number of benzene rings is 1.